The summed E-state index contributed by atoms with van der Waals surface area (Å²) in [5.74, 6) is 0.795. The first-order valence-corrected chi connectivity index (χ1v) is 10.2. The average molecular weight is 520 g/mol. The van der Waals surface area contributed by atoms with Crippen LogP contribution >= 0.6 is 35.3 Å². The lowest BCUT2D eigenvalue weighted by Gasteiger charge is -2.39. The minimum atomic E-state index is -0.810. The quantitative estimate of drug-likeness (QED) is 0.245. The maximum absolute atomic E-state index is 12.2. The zero-order valence-electron chi connectivity index (χ0n) is 16.8. The van der Waals surface area contributed by atoms with Crippen LogP contribution in [0.25, 0.3) is 0 Å². The van der Waals surface area contributed by atoms with Gasteiger partial charge in [0.15, 0.2) is 5.96 Å². The summed E-state index contributed by atoms with van der Waals surface area (Å²) in [5.41, 5.74) is 0.238. The number of carbonyl (C=O) groups excluding carboxylic acids is 2. The number of hydrogen-bond acceptors (Lipinski definition) is 5. The Balaban J connectivity index is 0.00000280. The largest absolute Gasteiger partial charge is 0.357 e. The monoisotopic (exact) mass is 520 g/mol. The third kappa shape index (κ3) is 4.76. The molecule has 2 aliphatic rings. The Bertz CT molecular complexity index is 759. The number of halogens is 1. The molecule has 0 radical (unpaired) electrons. The smallest absolute Gasteiger partial charge is 0.322 e. The van der Waals surface area contributed by atoms with Crippen LogP contribution in [0.4, 0.5) is 4.79 Å². The third-order valence-corrected chi connectivity index (χ3v) is 6.45. The van der Waals surface area contributed by atoms with Gasteiger partial charge in [-0.05, 0) is 46.5 Å². The summed E-state index contributed by atoms with van der Waals surface area (Å²) in [6.45, 7) is 10.9. The molecule has 0 spiro atoms. The second-order valence-corrected chi connectivity index (χ2v) is 8.57. The number of urea groups is 1. The van der Waals surface area contributed by atoms with Gasteiger partial charge in [-0.3, -0.25) is 10.1 Å². The van der Waals surface area contributed by atoms with Gasteiger partial charge in [-0.25, -0.2) is 14.8 Å². The fourth-order valence-corrected chi connectivity index (χ4v) is 4.67. The summed E-state index contributed by atoms with van der Waals surface area (Å²) >= 11 is 1.69. The number of aliphatic imine (C=N–C) groups is 1. The molecule has 1 atom stereocenters. The number of rotatable bonds is 4. The van der Waals surface area contributed by atoms with E-state index < -0.39 is 11.6 Å². The van der Waals surface area contributed by atoms with Crippen LogP contribution in [0.3, 0.4) is 0 Å². The molecule has 1 unspecified atom stereocenters. The van der Waals surface area contributed by atoms with Gasteiger partial charge in [-0.1, -0.05) is 0 Å². The van der Waals surface area contributed by atoms with Gasteiger partial charge in [-0.15, -0.1) is 35.3 Å². The van der Waals surface area contributed by atoms with Gasteiger partial charge in [0, 0.05) is 24.5 Å². The van der Waals surface area contributed by atoms with E-state index in [1.165, 1.54) is 4.88 Å². The molecule has 1 aromatic heterocycles. The molecular weight excluding hydrogens is 491 g/mol. The molecule has 28 heavy (non-hydrogen) atoms. The molecule has 2 fully saturated rings. The second-order valence-electron chi connectivity index (χ2n) is 7.28. The number of guanidine groups is 1. The Hall–Kier alpha value is -1.43. The lowest BCUT2D eigenvalue weighted by Crippen LogP contribution is -2.55. The molecule has 3 amide bonds. The first-order chi connectivity index (χ1) is 12.8. The fourth-order valence-electron chi connectivity index (χ4n) is 3.81. The van der Waals surface area contributed by atoms with E-state index in [9.17, 15) is 9.59 Å². The van der Waals surface area contributed by atoms with E-state index in [4.69, 9.17) is 4.99 Å². The van der Waals surface area contributed by atoms with Crippen molar-refractivity contribution in [1.29, 1.82) is 0 Å². The first kappa shape index (κ1) is 22.9. The zero-order valence-corrected chi connectivity index (χ0v) is 19.9. The minimum absolute atomic E-state index is 0. The van der Waals surface area contributed by atoms with Crippen LogP contribution in [0.15, 0.2) is 4.99 Å². The Morgan fingerprint density at radius 2 is 2.04 bits per heavy atom. The Labute approximate surface area is 187 Å². The van der Waals surface area contributed by atoms with Crippen LogP contribution in [0, 0.1) is 19.8 Å². The lowest BCUT2D eigenvalue weighted by atomic mass is 9.79. The van der Waals surface area contributed by atoms with E-state index in [-0.39, 0.29) is 35.8 Å². The molecule has 0 aliphatic carbocycles. The van der Waals surface area contributed by atoms with Crippen LogP contribution in [-0.2, 0) is 11.3 Å². The Morgan fingerprint density at radius 1 is 1.36 bits per heavy atom. The second kappa shape index (κ2) is 9.38. The van der Waals surface area contributed by atoms with Crippen molar-refractivity contribution in [3.63, 3.8) is 0 Å². The van der Waals surface area contributed by atoms with E-state index in [1.54, 1.807) is 11.3 Å². The number of nitrogens with one attached hydrogen (secondary N) is 3. The van der Waals surface area contributed by atoms with Gasteiger partial charge in [0.2, 0.25) is 0 Å². The zero-order chi connectivity index (χ0) is 19.6. The highest BCUT2D eigenvalue weighted by molar-refractivity contribution is 14.0. The summed E-state index contributed by atoms with van der Waals surface area (Å²) in [7, 11) is 0. The SMILES string of the molecule is CCNC(=NCc1sc(C)nc1C)N1CCC(C2(C)NC(=O)NC2=O)CC1.I. The van der Waals surface area contributed by atoms with Crippen LogP contribution in [-0.4, -0.2) is 53.0 Å². The standard InChI is InChI=1S/C18H28N6O2S.HI/c1-5-19-16(20-10-14-11(2)21-12(3)27-14)24-8-6-13(7-9-24)18(4)15(25)22-17(26)23-18;/h13H,5-10H2,1-4H3,(H,19,20)(H2,22,23,25,26);1H. The number of aromatic nitrogens is 1. The Kier molecular flexibility index (Phi) is 7.66. The molecule has 1 aromatic rings. The predicted octanol–water partition coefficient (Wildman–Crippen LogP) is 2.15. The molecule has 0 bridgehead atoms. The van der Waals surface area contributed by atoms with Gasteiger partial charge in [0.25, 0.3) is 5.91 Å². The number of likely N-dealkylation sites (tertiary alicyclic amines) is 1. The lowest BCUT2D eigenvalue weighted by molar-refractivity contribution is -0.125. The molecule has 3 heterocycles. The van der Waals surface area contributed by atoms with Gasteiger partial charge >= 0.3 is 6.03 Å². The summed E-state index contributed by atoms with van der Waals surface area (Å²) in [5, 5.41) is 9.60. The van der Waals surface area contributed by atoms with Gasteiger partial charge in [0.1, 0.15) is 5.54 Å². The molecule has 2 aliphatic heterocycles. The molecule has 10 heteroatoms. The molecule has 3 rings (SSSR count). The van der Waals surface area contributed by atoms with Gasteiger partial charge in [0.05, 0.1) is 17.2 Å². The van der Waals surface area contributed by atoms with E-state index >= 15 is 0 Å². The van der Waals surface area contributed by atoms with Gasteiger partial charge in [-0.2, -0.15) is 0 Å². The van der Waals surface area contributed by atoms with E-state index in [0.717, 1.165) is 49.1 Å². The number of imide groups is 1. The van der Waals surface area contributed by atoms with Crippen molar-refractivity contribution in [2.45, 2.75) is 52.6 Å². The van der Waals surface area contributed by atoms with Crippen molar-refractivity contribution in [1.82, 2.24) is 25.8 Å². The van der Waals surface area contributed by atoms with E-state index in [1.807, 2.05) is 20.8 Å². The normalized spacial score (nSPS) is 23.3. The number of amides is 3. The molecule has 0 aromatic carbocycles. The number of nitrogens with zero attached hydrogens (tertiary/aromatic N) is 3. The maximum Gasteiger partial charge on any atom is 0.322 e. The van der Waals surface area contributed by atoms with Crippen molar-refractivity contribution >= 4 is 53.2 Å². The first-order valence-electron chi connectivity index (χ1n) is 9.43. The highest BCUT2D eigenvalue weighted by Gasteiger charge is 2.48. The highest BCUT2D eigenvalue weighted by atomic mass is 127. The van der Waals surface area contributed by atoms with Crippen molar-refractivity contribution < 1.29 is 9.59 Å². The number of carbonyl (C=O) groups is 2. The highest BCUT2D eigenvalue weighted by Crippen LogP contribution is 2.30. The van der Waals surface area contributed by atoms with Crippen molar-refractivity contribution in [3.8, 4) is 0 Å². The fraction of sp³-hybridized carbons (Fsp3) is 0.667. The number of thiazole rings is 1. The van der Waals surface area contributed by atoms with Crippen LogP contribution < -0.4 is 16.0 Å². The average Bonchev–Trinajstić information content (AvgIpc) is 3.09. The summed E-state index contributed by atoms with van der Waals surface area (Å²) < 4.78 is 0. The van der Waals surface area contributed by atoms with E-state index in [2.05, 4.69) is 32.8 Å². The molecule has 2 saturated heterocycles. The van der Waals surface area contributed by atoms with Crippen molar-refractivity contribution in [3.05, 3.63) is 15.6 Å². The summed E-state index contributed by atoms with van der Waals surface area (Å²) in [6.07, 6.45) is 1.65. The minimum Gasteiger partial charge on any atom is -0.357 e. The topological polar surface area (TPSA) is 98.7 Å². The van der Waals surface area contributed by atoms with Gasteiger partial charge < -0.3 is 15.5 Å². The summed E-state index contributed by atoms with van der Waals surface area (Å²) in [4.78, 5) is 36.4. The van der Waals surface area contributed by atoms with Crippen molar-refractivity contribution in [2.24, 2.45) is 10.9 Å². The van der Waals surface area contributed by atoms with Crippen LogP contribution in [0.2, 0.25) is 0 Å². The number of piperidine rings is 1. The predicted molar refractivity (Wildman–Crippen MR) is 121 cm³/mol. The third-order valence-electron chi connectivity index (χ3n) is 5.39. The summed E-state index contributed by atoms with van der Waals surface area (Å²) in [6, 6.07) is -0.393. The molecule has 3 N–H and O–H groups in total. The van der Waals surface area contributed by atoms with Crippen LogP contribution in [0.5, 0.6) is 0 Å². The number of hydrogen-bond donors (Lipinski definition) is 3. The molecular formula is C18H29IN6O2S. The van der Waals surface area contributed by atoms with E-state index in [0.29, 0.717) is 6.54 Å². The Morgan fingerprint density at radius 3 is 2.54 bits per heavy atom. The van der Waals surface area contributed by atoms with Crippen LogP contribution in [0.1, 0.15) is 42.3 Å². The maximum atomic E-state index is 12.2. The molecule has 8 nitrogen and oxygen atoms in total. The number of aryl methyl sites for hydroxylation is 2. The molecule has 156 valence electrons. The van der Waals surface area contributed by atoms with Crippen molar-refractivity contribution in [2.75, 3.05) is 19.6 Å². The molecule has 0 saturated carbocycles.